The van der Waals surface area contributed by atoms with Crippen molar-refractivity contribution in [1.82, 2.24) is 0 Å². The summed E-state index contributed by atoms with van der Waals surface area (Å²) in [4.78, 5) is 11.8. The molecule has 0 saturated heterocycles. The summed E-state index contributed by atoms with van der Waals surface area (Å²) in [5.41, 5.74) is 1.74. The Balaban J connectivity index is 3.41. The number of carboxylic acid groups (broad SMARTS) is 1. The number of unbranched alkanes of at least 4 members (excludes halogenated alkanes) is 16. The minimum absolute atomic E-state index is 0.0947. The van der Waals surface area contributed by atoms with Crippen LogP contribution in [0, 0.1) is 0 Å². The molecule has 0 fully saturated rings. The number of phenols is 1. The molecule has 0 aliphatic carbocycles. The summed E-state index contributed by atoms with van der Waals surface area (Å²) in [6.45, 7) is 9.78. The normalized spacial score (nSPS) is 11.1. The molecule has 0 radical (unpaired) electrons. The molecule has 1 rings (SSSR count). The standard InChI is InChI=1S/C35H62O6/c1-5-9-13-17-21-25-29-30(26-22-18-14-10-6-2)32(39-27-23-19-15-11-7-3)34(33(31(29)36)41-35(37)38)40-28-24-20-16-12-8-4/h36H,5-28H2,1-4H3,(H,37,38). The van der Waals surface area contributed by atoms with Crippen molar-refractivity contribution in [1.29, 1.82) is 0 Å². The largest absolute Gasteiger partial charge is 0.511 e. The third kappa shape index (κ3) is 15.6. The lowest BCUT2D eigenvalue weighted by Crippen LogP contribution is -2.12. The highest BCUT2D eigenvalue weighted by atomic mass is 16.7. The van der Waals surface area contributed by atoms with Crippen LogP contribution in [0.25, 0.3) is 0 Å². The average Bonchev–Trinajstić information content (AvgIpc) is 2.95. The maximum absolute atomic E-state index is 11.8. The van der Waals surface area contributed by atoms with Crippen molar-refractivity contribution in [2.24, 2.45) is 0 Å². The Morgan fingerprint density at radius 1 is 0.512 bits per heavy atom. The molecule has 1 aromatic rings. The van der Waals surface area contributed by atoms with Crippen LogP contribution in [0.2, 0.25) is 0 Å². The lowest BCUT2D eigenvalue weighted by Gasteiger charge is -2.23. The van der Waals surface area contributed by atoms with E-state index in [0.717, 1.165) is 81.8 Å². The van der Waals surface area contributed by atoms with Crippen molar-refractivity contribution in [3.05, 3.63) is 11.1 Å². The van der Waals surface area contributed by atoms with Crippen molar-refractivity contribution in [3.63, 3.8) is 0 Å². The maximum Gasteiger partial charge on any atom is 0.511 e. The van der Waals surface area contributed by atoms with Gasteiger partial charge in [0.05, 0.1) is 13.2 Å². The Bertz CT molecular complexity index is 807. The van der Waals surface area contributed by atoms with Crippen molar-refractivity contribution in [2.45, 2.75) is 169 Å². The lowest BCUT2D eigenvalue weighted by molar-refractivity contribution is 0.139. The first-order valence-corrected chi connectivity index (χ1v) is 17.1. The number of rotatable bonds is 27. The van der Waals surface area contributed by atoms with E-state index in [4.69, 9.17) is 14.2 Å². The molecule has 0 bridgehead atoms. The molecule has 0 heterocycles. The summed E-state index contributed by atoms with van der Waals surface area (Å²) < 4.78 is 18.0. The Labute approximate surface area is 251 Å². The fraction of sp³-hybridized carbons (Fsp3) is 0.800. The van der Waals surface area contributed by atoms with E-state index in [-0.39, 0.29) is 17.2 Å². The number of benzene rings is 1. The molecule has 0 atom stereocenters. The van der Waals surface area contributed by atoms with Gasteiger partial charge in [-0.3, -0.25) is 0 Å². The molecule has 0 unspecified atom stereocenters. The zero-order valence-electron chi connectivity index (χ0n) is 27.0. The zero-order valence-corrected chi connectivity index (χ0v) is 27.0. The first kappa shape index (κ1) is 36.9. The van der Waals surface area contributed by atoms with E-state index in [1.165, 1.54) is 64.2 Å². The van der Waals surface area contributed by atoms with Crippen molar-refractivity contribution in [3.8, 4) is 23.0 Å². The van der Waals surface area contributed by atoms with E-state index < -0.39 is 6.16 Å². The fourth-order valence-electron chi connectivity index (χ4n) is 5.33. The summed E-state index contributed by atoms with van der Waals surface area (Å²) in [6, 6.07) is 0. The Morgan fingerprint density at radius 2 is 0.902 bits per heavy atom. The van der Waals surface area contributed by atoms with Crippen LogP contribution in [0.3, 0.4) is 0 Å². The van der Waals surface area contributed by atoms with Crippen LogP contribution < -0.4 is 14.2 Å². The number of hydrogen-bond donors (Lipinski definition) is 2. The van der Waals surface area contributed by atoms with Gasteiger partial charge in [0, 0.05) is 11.1 Å². The molecule has 0 saturated carbocycles. The quantitative estimate of drug-likeness (QED) is 0.0613. The molecule has 1 aromatic carbocycles. The van der Waals surface area contributed by atoms with Gasteiger partial charge in [-0.2, -0.15) is 0 Å². The van der Waals surface area contributed by atoms with Crippen molar-refractivity contribution < 1.29 is 29.2 Å². The number of carbonyl (C=O) groups is 1. The third-order valence-electron chi connectivity index (χ3n) is 7.79. The van der Waals surface area contributed by atoms with Gasteiger partial charge in [-0.25, -0.2) is 4.79 Å². The van der Waals surface area contributed by atoms with E-state index in [9.17, 15) is 15.0 Å². The van der Waals surface area contributed by atoms with E-state index >= 15 is 0 Å². The predicted octanol–water partition coefficient (Wildman–Crippen LogP) is 11.2. The molecule has 0 spiro atoms. The summed E-state index contributed by atoms with van der Waals surface area (Å²) in [7, 11) is 0. The molecule has 0 aliphatic rings. The molecule has 6 nitrogen and oxygen atoms in total. The van der Waals surface area contributed by atoms with Gasteiger partial charge in [0.1, 0.15) is 0 Å². The van der Waals surface area contributed by atoms with Crippen LogP contribution in [0.5, 0.6) is 23.0 Å². The first-order chi connectivity index (χ1) is 20.0. The predicted molar refractivity (Wildman–Crippen MR) is 170 cm³/mol. The molecule has 6 heteroatoms. The Kier molecular flexibility index (Phi) is 22.0. The SMILES string of the molecule is CCCCCCCOc1c(CCCCCCC)c(CCCCCCC)c(O)c(OC(=O)O)c1OCCCCCCC. The fourth-order valence-corrected chi connectivity index (χ4v) is 5.33. The highest BCUT2D eigenvalue weighted by Crippen LogP contribution is 2.51. The van der Waals surface area contributed by atoms with Crippen LogP contribution in [0.4, 0.5) is 4.79 Å². The second kappa shape index (κ2) is 24.5. The van der Waals surface area contributed by atoms with Gasteiger partial charge in [-0.1, -0.05) is 130 Å². The van der Waals surface area contributed by atoms with Gasteiger partial charge in [-0.15, -0.1) is 0 Å². The molecule has 0 aliphatic heterocycles. The summed E-state index contributed by atoms with van der Waals surface area (Å²) >= 11 is 0. The van der Waals surface area contributed by atoms with Gasteiger partial charge < -0.3 is 24.4 Å². The molecule has 2 N–H and O–H groups in total. The minimum Gasteiger partial charge on any atom is -0.504 e. The van der Waals surface area contributed by atoms with Gasteiger partial charge in [-0.05, 0) is 38.5 Å². The summed E-state index contributed by atoms with van der Waals surface area (Å²) in [5, 5.41) is 21.1. The molecule has 41 heavy (non-hydrogen) atoms. The molecule has 238 valence electrons. The monoisotopic (exact) mass is 578 g/mol. The average molecular weight is 579 g/mol. The van der Waals surface area contributed by atoms with Gasteiger partial charge in [0.25, 0.3) is 0 Å². The number of phenolic OH excluding ortho intramolecular Hbond substituents is 1. The molecule has 0 amide bonds. The van der Waals surface area contributed by atoms with Crippen LogP contribution in [-0.2, 0) is 12.8 Å². The first-order valence-electron chi connectivity index (χ1n) is 17.1. The van der Waals surface area contributed by atoms with Crippen LogP contribution in [-0.4, -0.2) is 29.6 Å². The van der Waals surface area contributed by atoms with E-state index in [1.807, 2.05) is 0 Å². The second-order valence-electron chi connectivity index (χ2n) is 11.5. The maximum atomic E-state index is 11.8. The molecular weight excluding hydrogens is 516 g/mol. The zero-order chi connectivity index (χ0) is 30.1. The van der Waals surface area contributed by atoms with E-state index in [0.29, 0.717) is 25.4 Å². The van der Waals surface area contributed by atoms with Crippen LogP contribution in [0.15, 0.2) is 0 Å². The van der Waals surface area contributed by atoms with E-state index in [2.05, 4.69) is 27.7 Å². The Hall–Kier alpha value is -2.11. The number of hydrogen-bond acceptors (Lipinski definition) is 5. The van der Waals surface area contributed by atoms with Gasteiger partial charge in [0.2, 0.25) is 11.5 Å². The summed E-state index contributed by atoms with van der Waals surface area (Å²) in [6.07, 6.45) is 22.2. The third-order valence-corrected chi connectivity index (χ3v) is 7.79. The number of aromatic hydroxyl groups is 1. The number of ether oxygens (including phenoxy) is 3. The van der Waals surface area contributed by atoms with Crippen LogP contribution in [0.1, 0.15) is 167 Å². The smallest absolute Gasteiger partial charge is 0.504 e. The van der Waals surface area contributed by atoms with Crippen LogP contribution >= 0.6 is 0 Å². The van der Waals surface area contributed by atoms with Crippen molar-refractivity contribution in [2.75, 3.05) is 13.2 Å². The molecule has 0 aromatic heterocycles. The second-order valence-corrected chi connectivity index (χ2v) is 11.5. The van der Waals surface area contributed by atoms with Gasteiger partial charge >= 0.3 is 6.16 Å². The topological polar surface area (TPSA) is 85.2 Å². The summed E-state index contributed by atoms with van der Waals surface area (Å²) in [5.74, 6) is 0.641. The Morgan fingerprint density at radius 3 is 1.34 bits per heavy atom. The van der Waals surface area contributed by atoms with Gasteiger partial charge in [0.15, 0.2) is 11.5 Å². The van der Waals surface area contributed by atoms with E-state index in [1.54, 1.807) is 0 Å². The highest BCUT2D eigenvalue weighted by Gasteiger charge is 2.29. The highest BCUT2D eigenvalue weighted by molar-refractivity contribution is 5.72. The minimum atomic E-state index is -1.46. The van der Waals surface area contributed by atoms with Crippen molar-refractivity contribution >= 4 is 6.16 Å². The lowest BCUT2D eigenvalue weighted by atomic mass is 9.93. The molecular formula is C35H62O6.